The first-order valence-corrected chi connectivity index (χ1v) is 16.2. The van der Waals surface area contributed by atoms with Crippen molar-refractivity contribution in [3.63, 3.8) is 0 Å². The molecule has 10 rings (SSSR count). The van der Waals surface area contributed by atoms with Gasteiger partial charge in [-0.2, -0.15) is 0 Å². The van der Waals surface area contributed by atoms with Gasteiger partial charge in [-0.05, 0) is 41.5 Å². The summed E-state index contributed by atoms with van der Waals surface area (Å²) in [5, 5.41) is 4.40. The van der Waals surface area contributed by atoms with Gasteiger partial charge in [-0.15, -0.1) is 0 Å². The lowest BCUT2D eigenvalue weighted by Gasteiger charge is -2.14. The van der Waals surface area contributed by atoms with Gasteiger partial charge >= 0.3 is 0 Å². The third kappa shape index (κ3) is 4.17. The third-order valence-corrected chi connectivity index (χ3v) is 9.40. The monoisotopic (exact) mass is 630 g/mol. The van der Waals surface area contributed by atoms with Crippen molar-refractivity contribution >= 4 is 54.6 Å². The summed E-state index contributed by atoms with van der Waals surface area (Å²) in [5.41, 5.74) is 9.34. The van der Waals surface area contributed by atoms with Crippen LogP contribution < -0.4 is 5.56 Å². The number of benzene rings is 6. The molecule has 0 unspecified atom stereocenters. The van der Waals surface area contributed by atoms with Crippen molar-refractivity contribution in [2.24, 2.45) is 0 Å². The van der Waals surface area contributed by atoms with Crippen molar-refractivity contribution in [2.45, 2.75) is 0 Å². The van der Waals surface area contributed by atoms with E-state index in [9.17, 15) is 4.79 Å². The Kier molecular flexibility index (Phi) is 5.92. The summed E-state index contributed by atoms with van der Waals surface area (Å²) >= 11 is 0. The highest BCUT2D eigenvalue weighted by atomic mass is 16.3. The maximum atomic E-state index is 14.1. The van der Waals surface area contributed by atoms with Crippen molar-refractivity contribution in [3.05, 3.63) is 162 Å². The molecule has 1 N–H and O–H groups in total. The van der Waals surface area contributed by atoms with Gasteiger partial charge in [-0.3, -0.25) is 9.36 Å². The summed E-state index contributed by atoms with van der Waals surface area (Å²) in [6, 6.07) is 50.7. The van der Waals surface area contributed by atoms with Crippen molar-refractivity contribution in [1.29, 1.82) is 0 Å². The molecule has 0 atom stereocenters. The molecule has 230 valence electrons. The molecule has 0 aliphatic heterocycles. The maximum absolute atomic E-state index is 14.1. The van der Waals surface area contributed by atoms with Gasteiger partial charge in [0.25, 0.3) is 5.56 Å². The lowest BCUT2D eigenvalue weighted by atomic mass is 9.95. The van der Waals surface area contributed by atoms with Crippen LogP contribution in [0, 0.1) is 0 Å². The van der Waals surface area contributed by atoms with Crippen LogP contribution in [0.2, 0.25) is 0 Å². The van der Waals surface area contributed by atoms with E-state index in [-0.39, 0.29) is 5.56 Å². The molecule has 10 aromatic rings. The predicted molar refractivity (Wildman–Crippen MR) is 198 cm³/mol. The van der Waals surface area contributed by atoms with Crippen LogP contribution in [-0.4, -0.2) is 19.5 Å². The number of nitrogens with zero attached hydrogens (tertiary/aromatic N) is 3. The van der Waals surface area contributed by atoms with Gasteiger partial charge in [-0.1, -0.05) is 121 Å². The number of nitrogens with one attached hydrogen (secondary N) is 1. The van der Waals surface area contributed by atoms with Crippen LogP contribution in [0.15, 0.2) is 161 Å². The number of furan rings is 1. The number of fused-ring (bicyclic) bond motifs is 8. The van der Waals surface area contributed by atoms with Crippen LogP contribution in [0.1, 0.15) is 0 Å². The molecule has 0 radical (unpaired) electrons. The van der Waals surface area contributed by atoms with E-state index in [1.165, 1.54) is 0 Å². The van der Waals surface area contributed by atoms with E-state index in [1.54, 1.807) is 0 Å². The Balaban J connectivity index is 1.38. The molecule has 6 aromatic carbocycles. The number of hydrogen-bond acceptors (Lipinski definition) is 4. The van der Waals surface area contributed by atoms with E-state index in [0.29, 0.717) is 11.3 Å². The van der Waals surface area contributed by atoms with E-state index >= 15 is 0 Å². The van der Waals surface area contributed by atoms with Crippen molar-refractivity contribution in [1.82, 2.24) is 19.5 Å². The zero-order chi connectivity index (χ0) is 32.5. The average molecular weight is 631 g/mol. The van der Waals surface area contributed by atoms with Crippen molar-refractivity contribution in [2.75, 3.05) is 0 Å². The van der Waals surface area contributed by atoms with Gasteiger partial charge in [0.1, 0.15) is 11.2 Å². The van der Waals surface area contributed by atoms with Crippen LogP contribution in [0.4, 0.5) is 0 Å². The Morgan fingerprint density at radius 3 is 1.86 bits per heavy atom. The molecular formula is C43H26N4O2. The summed E-state index contributed by atoms with van der Waals surface area (Å²) in [6.45, 7) is 0. The summed E-state index contributed by atoms with van der Waals surface area (Å²) in [6.07, 6.45) is 0. The Bertz CT molecular complexity index is 2900. The zero-order valence-corrected chi connectivity index (χ0v) is 26.1. The second kappa shape index (κ2) is 10.6. The first-order valence-electron chi connectivity index (χ1n) is 16.2. The summed E-state index contributed by atoms with van der Waals surface area (Å²) in [7, 11) is 0. The standard InChI is InChI=1S/C43H26N4O2/c48-42-40-30-17-7-9-22-35(30)47(43-45-33(26-13-3-1-4-14-26)25-34(46-43)27-15-5-2-6-16-27)41(40)39-29(19-11-21-32(39)44-42)28-20-12-24-37-38(28)31-18-8-10-23-36(31)49-37/h1-25H,(H,44,48). The van der Waals surface area contributed by atoms with Gasteiger partial charge in [-0.25, -0.2) is 9.97 Å². The second-order valence-corrected chi connectivity index (χ2v) is 12.2. The SMILES string of the molecule is O=c1[nH]c2cccc(-c3cccc4oc5ccccc5c34)c2c2c1c1ccccc1n2-c1nc(-c2ccccc2)cc(-c2ccccc2)n1. The molecule has 49 heavy (non-hydrogen) atoms. The fourth-order valence-electron chi connectivity index (χ4n) is 7.28. The fraction of sp³-hybridized carbons (Fsp3) is 0. The average Bonchev–Trinajstić information content (AvgIpc) is 3.72. The summed E-state index contributed by atoms with van der Waals surface area (Å²) in [4.78, 5) is 27.8. The van der Waals surface area contributed by atoms with E-state index in [2.05, 4.69) is 52.0 Å². The normalized spacial score (nSPS) is 11.8. The highest BCUT2D eigenvalue weighted by Gasteiger charge is 2.24. The highest BCUT2D eigenvalue weighted by molar-refractivity contribution is 6.23. The second-order valence-electron chi connectivity index (χ2n) is 12.2. The molecule has 0 bridgehead atoms. The van der Waals surface area contributed by atoms with Crippen molar-refractivity contribution < 1.29 is 4.42 Å². The first-order chi connectivity index (χ1) is 24.2. The smallest absolute Gasteiger partial charge is 0.258 e. The van der Waals surface area contributed by atoms with Crippen LogP contribution in [-0.2, 0) is 0 Å². The van der Waals surface area contributed by atoms with Crippen molar-refractivity contribution in [3.8, 4) is 39.6 Å². The Morgan fingerprint density at radius 1 is 0.531 bits per heavy atom. The first kappa shape index (κ1) is 27.3. The van der Waals surface area contributed by atoms with Gasteiger partial charge in [0.2, 0.25) is 5.95 Å². The highest BCUT2D eigenvalue weighted by Crippen LogP contribution is 2.42. The number of H-pyrrole nitrogens is 1. The fourth-order valence-corrected chi connectivity index (χ4v) is 7.28. The van der Waals surface area contributed by atoms with E-state index in [0.717, 1.165) is 82.9 Å². The zero-order valence-electron chi connectivity index (χ0n) is 26.1. The minimum absolute atomic E-state index is 0.163. The molecule has 6 nitrogen and oxygen atoms in total. The van der Waals surface area contributed by atoms with E-state index in [1.807, 2.05) is 109 Å². The van der Waals surface area contributed by atoms with Crippen LogP contribution in [0.3, 0.4) is 0 Å². The molecule has 0 aliphatic carbocycles. The predicted octanol–water partition coefficient (Wildman–Crippen LogP) is 10.3. The van der Waals surface area contributed by atoms with Gasteiger partial charge in [0.05, 0.1) is 33.3 Å². The Labute approximate surface area is 279 Å². The van der Waals surface area contributed by atoms with Crippen LogP contribution in [0.5, 0.6) is 0 Å². The molecule has 0 saturated heterocycles. The number of hydrogen-bond donors (Lipinski definition) is 1. The molecule has 4 aromatic heterocycles. The summed E-state index contributed by atoms with van der Waals surface area (Å²) < 4.78 is 8.37. The van der Waals surface area contributed by atoms with Gasteiger partial charge in [0, 0.05) is 32.7 Å². The topological polar surface area (TPSA) is 76.7 Å². The Hall–Kier alpha value is -6.79. The quantitative estimate of drug-likeness (QED) is 0.210. The minimum atomic E-state index is -0.163. The molecular weight excluding hydrogens is 604 g/mol. The molecule has 0 saturated carbocycles. The molecule has 0 spiro atoms. The largest absolute Gasteiger partial charge is 0.456 e. The molecule has 0 amide bonds. The minimum Gasteiger partial charge on any atom is -0.456 e. The molecule has 4 heterocycles. The van der Waals surface area contributed by atoms with Crippen LogP contribution in [0.25, 0.3) is 94.2 Å². The molecule has 6 heteroatoms. The number of aromatic nitrogens is 4. The number of rotatable bonds is 4. The summed E-state index contributed by atoms with van der Waals surface area (Å²) in [5.74, 6) is 0.486. The molecule has 0 fully saturated rings. The Morgan fingerprint density at radius 2 is 1.12 bits per heavy atom. The molecule has 0 aliphatic rings. The van der Waals surface area contributed by atoms with E-state index < -0.39 is 0 Å². The van der Waals surface area contributed by atoms with E-state index in [4.69, 9.17) is 14.4 Å². The van der Waals surface area contributed by atoms with Gasteiger partial charge in [0.15, 0.2) is 0 Å². The van der Waals surface area contributed by atoms with Crippen LogP contribution >= 0.6 is 0 Å². The van der Waals surface area contributed by atoms with Gasteiger partial charge < -0.3 is 9.40 Å². The number of pyridine rings is 1. The lowest BCUT2D eigenvalue weighted by Crippen LogP contribution is -2.09. The number of para-hydroxylation sites is 2. The number of aromatic amines is 1. The third-order valence-electron chi connectivity index (χ3n) is 9.40. The lowest BCUT2D eigenvalue weighted by molar-refractivity contribution is 0.669. The maximum Gasteiger partial charge on any atom is 0.258 e.